The minimum Gasteiger partial charge on any atom is -0.507 e. The maximum Gasteiger partial charge on any atom is 0.342 e. The first-order valence-electron chi connectivity index (χ1n) is 7.86. The highest BCUT2D eigenvalue weighted by molar-refractivity contribution is 5.98. The fourth-order valence-corrected chi connectivity index (χ4v) is 2.63. The van der Waals surface area contributed by atoms with Gasteiger partial charge < -0.3 is 19.3 Å². The maximum absolute atomic E-state index is 12.1. The van der Waals surface area contributed by atoms with E-state index in [2.05, 4.69) is 0 Å². The Balaban J connectivity index is 1.54. The summed E-state index contributed by atoms with van der Waals surface area (Å²) in [4.78, 5) is 12.1. The van der Waals surface area contributed by atoms with Crippen LogP contribution in [-0.2, 0) is 14.2 Å². The molecule has 2 aromatic rings. The molecule has 0 aromatic heterocycles. The number of esters is 1. The van der Waals surface area contributed by atoms with E-state index in [9.17, 15) is 9.90 Å². The summed E-state index contributed by atoms with van der Waals surface area (Å²) >= 11 is 0. The minimum absolute atomic E-state index is 0.0785. The monoisotopic (exact) mass is 316 g/mol. The van der Waals surface area contributed by atoms with Crippen LogP contribution in [0.2, 0.25) is 0 Å². The Morgan fingerprint density at radius 1 is 1.17 bits per heavy atom. The van der Waals surface area contributed by atoms with Gasteiger partial charge in [-0.05, 0) is 42.2 Å². The molecular formula is C18H20O5. The molecule has 0 spiro atoms. The number of fused-ring (bicyclic) bond motifs is 1. The average Bonchev–Trinajstić information content (AvgIpc) is 2.59. The lowest BCUT2D eigenvalue weighted by molar-refractivity contribution is -0.166. The highest BCUT2D eigenvalue weighted by atomic mass is 16.7. The second-order valence-electron chi connectivity index (χ2n) is 5.52. The molecule has 1 atom stereocenters. The number of aromatic hydroxyl groups is 1. The fraction of sp³-hybridized carbons (Fsp3) is 0.389. The number of hydrogen-bond donors (Lipinski definition) is 1. The molecule has 23 heavy (non-hydrogen) atoms. The second-order valence-corrected chi connectivity index (χ2v) is 5.52. The Labute approximate surface area is 134 Å². The Hall–Kier alpha value is -2.11. The van der Waals surface area contributed by atoms with E-state index in [1.165, 1.54) is 0 Å². The van der Waals surface area contributed by atoms with Gasteiger partial charge in [-0.3, -0.25) is 0 Å². The zero-order valence-corrected chi connectivity index (χ0v) is 12.9. The van der Waals surface area contributed by atoms with Crippen LogP contribution in [0.3, 0.4) is 0 Å². The maximum atomic E-state index is 12.1. The molecule has 3 rings (SSSR count). The van der Waals surface area contributed by atoms with Gasteiger partial charge in [0.1, 0.15) is 17.9 Å². The lowest BCUT2D eigenvalue weighted by atomic mass is 10.1. The first-order valence-corrected chi connectivity index (χ1v) is 7.86. The van der Waals surface area contributed by atoms with E-state index < -0.39 is 5.97 Å². The van der Waals surface area contributed by atoms with E-state index in [0.717, 1.165) is 36.6 Å². The molecule has 0 aliphatic carbocycles. The first-order chi connectivity index (χ1) is 11.2. The number of ether oxygens (including phenoxy) is 3. The lowest BCUT2D eigenvalue weighted by Gasteiger charge is -2.22. The molecule has 122 valence electrons. The fourth-order valence-electron chi connectivity index (χ4n) is 2.63. The van der Waals surface area contributed by atoms with Crippen molar-refractivity contribution in [2.75, 3.05) is 19.8 Å². The van der Waals surface area contributed by atoms with E-state index in [-0.39, 0.29) is 30.8 Å². The predicted octanol–water partition coefficient (Wildman–Crippen LogP) is 3.25. The number of benzene rings is 2. The van der Waals surface area contributed by atoms with Crippen LogP contribution in [0.25, 0.3) is 10.8 Å². The number of phenols is 1. The molecule has 0 unspecified atom stereocenters. The van der Waals surface area contributed by atoms with E-state index in [4.69, 9.17) is 14.2 Å². The third kappa shape index (κ3) is 4.00. The van der Waals surface area contributed by atoms with Crippen LogP contribution < -0.4 is 0 Å². The second kappa shape index (κ2) is 7.44. The van der Waals surface area contributed by atoms with E-state index in [0.29, 0.717) is 0 Å². The quantitative estimate of drug-likeness (QED) is 0.677. The van der Waals surface area contributed by atoms with Crippen LogP contribution in [0.15, 0.2) is 36.4 Å². The van der Waals surface area contributed by atoms with Gasteiger partial charge in [0.25, 0.3) is 0 Å². The van der Waals surface area contributed by atoms with Crippen molar-refractivity contribution in [2.45, 2.75) is 25.6 Å². The van der Waals surface area contributed by atoms with Gasteiger partial charge in [-0.2, -0.15) is 0 Å². The van der Waals surface area contributed by atoms with Crippen molar-refractivity contribution < 1.29 is 24.1 Å². The van der Waals surface area contributed by atoms with Crippen molar-refractivity contribution in [3.05, 3.63) is 42.0 Å². The van der Waals surface area contributed by atoms with Gasteiger partial charge >= 0.3 is 5.97 Å². The van der Waals surface area contributed by atoms with Gasteiger partial charge in [0.2, 0.25) is 0 Å². The molecule has 1 heterocycles. The highest BCUT2D eigenvalue weighted by Crippen LogP contribution is 2.25. The lowest BCUT2D eigenvalue weighted by Crippen LogP contribution is -2.24. The SMILES string of the molecule is O=C(OCCO[C@@H]1CCCCO1)c1cc2ccccc2cc1O. The Kier molecular flexibility index (Phi) is 5.10. The van der Waals surface area contributed by atoms with E-state index >= 15 is 0 Å². The summed E-state index contributed by atoms with van der Waals surface area (Å²) in [6.45, 7) is 1.13. The summed E-state index contributed by atoms with van der Waals surface area (Å²) in [6.07, 6.45) is 2.83. The van der Waals surface area contributed by atoms with Crippen LogP contribution >= 0.6 is 0 Å². The normalized spacial score (nSPS) is 18.0. The molecule has 2 aromatic carbocycles. The summed E-state index contributed by atoms with van der Waals surface area (Å²) in [5.41, 5.74) is 0.164. The molecule has 1 saturated heterocycles. The first kappa shape index (κ1) is 15.8. The summed E-state index contributed by atoms with van der Waals surface area (Å²) < 4.78 is 16.1. The van der Waals surface area contributed by atoms with Crippen LogP contribution in [0, 0.1) is 0 Å². The smallest absolute Gasteiger partial charge is 0.342 e. The number of phenolic OH excluding ortho intramolecular Hbond substituents is 1. The molecule has 1 fully saturated rings. The molecule has 5 heteroatoms. The van der Waals surface area contributed by atoms with Crippen LogP contribution in [0.5, 0.6) is 5.75 Å². The Morgan fingerprint density at radius 2 is 1.96 bits per heavy atom. The summed E-state index contributed by atoms with van der Waals surface area (Å²) in [5, 5.41) is 11.7. The Morgan fingerprint density at radius 3 is 2.70 bits per heavy atom. The molecule has 1 aliphatic heterocycles. The molecule has 0 saturated carbocycles. The van der Waals surface area contributed by atoms with Crippen molar-refractivity contribution in [3.63, 3.8) is 0 Å². The molecule has 1 aliphatic rings. The molecule has 5 nitrogen and oxygen atoms in total. The zero-order chi connectivity index (χ0) is 16.1. The number of carbonyl (C=O) groups is 1. The van der Waals surface area contributed by atoms with Gasteiger partial charge in [-0.15, -0.1) is 0 Å². The van der Waals surface area contributed by atoms with Crippen molar-refractivity contribution in [2.24, 2.45) is 0 Å². The van der Waals surface area contributed by atoms with Gasteiger partial charge in [-0.1, -0.05) is 24.3 Å². The summed E-state index contributed by atoms with van der Waals surface area (Å²) in [7, 11) is 0. The molecule has 1 N–H and O–H groups in total. The largest absolute Gasteiger partial charge is 0.507 e. The van der Waals surface area contributed by atoms with Crippen molar-refractivity contribution >= 4 is 16.7 Å². The van der Waals surface area contributed by atoms with Gasteiger partial charge in [0.15, 0.2) is 6.29 Å². The molecular weight excluding hydrogens is 296 g/mol. The van der Waals surface area contributed by atoms with Crippen molar-refractivity contribution in [1.82, 2.24) is 0 Å². The minimum atomic E-state index is -0.554. The van der Waals surface area contributed by atoms with E-state index in [1.54, 1.807) is 12.1 Å². The topological polar surface area (TPSA) is 65.0 Å². The van der Waals surface area contributed by atoms with E-state index in [1.807, 2.05) is 24.3 Å². The van der Waals surface area contributed by atoms with Crippen LogP contribution in [-0.4, -0.2) is 37.2 Å². The molecule has 0 amide bonds. The van der Waals surface area contributed by atoms with Crippen molar-refractivity contribution in [1.29, 1.82) is 0 Å². The average molecular weight is 316 g/mol. The number of rotatable bonds is 5. The van der Waals surface area contributed by atoms with Gasteiger partial charge in [0.05, 0.1) is 6.61 Å². The summed E-state index contributed by atoms with van der Waals surface area (Å²) in [5.74, 6) is -0.633. The predicted molar refractivity (Wildman–Crippen MR) is 85.4 cm³/mol. The van der Waals surface area contributed by atoms with Crippen LogP contribution in [0.4, 0.5) is 0 Å². The van der Waals surface area contributed by atoms with Gasteiger partial charge in [0, 0.05) is 6.61 Å². The number of carbonyl (C=O) groups excluding carboxylic acids is 1. The third-order valence-corrected chi connectivity index (χ3v) is 3.84. The molecule has 0 bridgehead atoms. The van der Waals surface area contributed by atoms with Crippen molar-refractivity contribution in [3.8, 4) is 5.75 Å². The van der Waals surface area contributed by atoms with Gasteiger partial charge in [-0.25, -0.2) is 4.79 Å². The summed E-state index contributed by atoms with van der Waals surface area (Å²) in [6, 6.07) is 10.7. The zero-order valence-electron chi connectivity index (χ0n) is 12.9. The number of hydrogen-bond acceptors (Lipinski definition) is 5. The third-order valence-electron chi connectivity index (χ3n) is 3.84. The molecule has 0 radical (unpaired) electrons. The standard InChI is InChI=1S/C18H20O5/c19-16-12-14-6-2-1-5-13(14)11-15(16)18(20)23-10-9-22-17-7-3-4-8-21-17/h1-2,5-6,11-12,17,19H,3-4,7-10H2/t17-/m1/s1. The highest BCUT2D eigenvalue weighted by Gasteiger charge is 2.16. The van der Waals surface area contributed by atoms with Crippen LogP contribution in [0.1, 0.15) is 29.6 Å². The Bertz CT molecular complexity index is 676.